The van der Waals surface area contributed by atoms with Gasteiger partial charge in [-0.15, -0.1) is 11.3 Å². The van der Waals surface area contributed by atoms with Crippen molar-refractivity contribution < 1.29 is 37.8 Å². The first-order valence-corrected chi connectivity index (χ1v) is 23.1. The molecule has 3 aliphatic heterocycles. The average Bonchev–Trinajstić information content (AvgIpc) is 3.87. The highest BCUT2D eigenvalue weighted by Crippen LogP contribution is 2.42. The maximum atomic E-state index is 15.6. The van der Waals surface area contributed by atoms with Crippen molar-refractivity contribution in [2.24, 2.45) is 5.41 Å². The van der Waals surface area contributed by atoms with E-state index in [0.717, 1.165) is 39.0 Å². The van der Waals surface area contributed by atoms with Crippen LogP contribution in [0.2, 0.25) is 0 Å². The van der Waals surface area contributed by atoms with Gasteiger partial charge in [0.15, 0.2) is 0 Å². The predicted molar refractivity (Wildman–Crippen MR) is 288 cm³/mol. The molecule has 21 heteroatoms. The van der Waals surface area contributed by atoms with Gasteiger partial charge in [-0.1, -0.05) is 25.8 Å². The molecule has 6 heterocycles. The van der Waals surface area contributed by atoms with Gasteiger partial charge >= 0.3 is 5.97 Å². The van der Waals surface area contributed by atoms with Crippen LogP contribution in [0, 0.1) is 17.3 Å². The second kappa shape index (κ2) is 25.0. The number of carbonyl (C=O) groups is 4. The number of aromatic nitrogens is 3. The Morgan fingerprint density at radius 2 is 1.87 bits per heavy atom. The number of aryl methyl sites for hydroxylation is 1. The van der Waals surface area contributed by atoms with Crippen LogP contribution in [0.4, 0.5) is 4.39 Å². The third kappa shape index (κ3) is 13.6. The number of amides is 3. The number of likely N-dealkylation sites (tertiary alicyclic amines) is 1. The van der Waals surface area contributed by atoms with Gasteiger partial charge in [-0.3, -0.25) is 34.1 Å². The molecule has 6 bridgehead atoms. The number of hydrogen-bond acceptors (Lipinski definition) is 12. The zero-order valence-corrected chi connectivity index (χ0v) is 45.6. The van der Waals surface area contributed by atoms with Crippen molar-refractivity contribution in [3.63, 3.8) is 0 Å². The molecule has 69 heavy (non-hydrogen) atoms. The summed E-state index contributed by atoms with van der Waals surface area (Å²) >= 11 is 1.34. The number of pyridine rings is 1. The molecule has 3 amide bonds. The summed E-state index contributed by atoms with van der Waals surface area (Å²) in [6, 6.07) is 8.23. The number of hydrazine groups is 1. The fraction of sp³-hybridized carbons (Fsp3) is 0.542. The minimum absolute atomic E-state index is 0. The number of fused-ring (bicyclic) bond motifs is 6. The predicted octanol–water partition coefficient (Wildman–Crippen LogP) is 5.56. The number of alkyl halides is 1. The molecule has 3 aliphatic rings. The van der Waals surface area contributed by atoms with Gasteiger partial charge in [0.05, 0.1) is 53.1 Å². The Morgan fingerprint density at radius 3 is 2.55 bits per heavy atom. The van der Waals surface area contributed by atoms with Crippen molar-refractivity contribution >= 4 is 99.9 Å². The molecular weight excluding hydrogens is 980 g/mol. The van der Waals surface area contributed by atoms with E-state index < -0.39 is 59.7 Å². The number of hydrogen-bond donors (Lipinski definition) is 2. The normalized spacial score (nSPS) is 19.2. The SMILES string of the molecule is CCn1c(-c2cccnc2[C@H](C)OC)c2c3cc(ccc31)-c1csc(n1)C[C@H](NC(=O)[C@@H](F)COC1CN(C(=O)C#CC(C)(C)N(C)C)C1)C(=O)N1CCC[C@H](N1)C(=O)OCC(C)(C)C2.S.S.S.S. The lowest BCUT2D eigenvalue weighted by Gasteiger charge is -2.38. The number of cyclic esters (lactones) is 1. The van der Waals surface area contributed by atoms with E-state index in [0.29, 0.717) is 36.5 Å². The highest BCUT2D eigenvalue weighted by molar-refractivity contribution is 7.59. The largest absolute Gasteiger partial charge is 0.464 e. The van der Waals surface area contributed by atoms with Crippen LogP contribution in [0.25, 0.3) is 33.4 Å². The molecule has 0 saturated carbocycles. The van der Waals surface area contributed by atoms with Crippen LogP contribution in [0.3, 0.4) is 0 Å². The van der Waals surface area contributed by atoms with Gasteiger partial charge in [-0.25, -0.2) is 14.8 Å². The number of benzene rings is 1. The Balaban J connectivity index is 0.00000315. The quantitative estimate of drug-likeness (QED) is 0.151. The molecule has 2 N–H and O–H groups in total. The Morgan fingerprint density at radius 1 is 1.14 bits per heavy atom. The summed E-state index contributed by atoms with van der Waals surface area (Å²) in [5, 5.41) is 7.45. The summed E-state index contributed by atoms with van der Waals surface area (Å²) in [7, 11) is 5.43. The minimum atomic E-state index is -2.10. The van der Waals surface area contributed by atoms with Crippen molar-refractivity contribution in [2.75, 3.05) is 54.1 Å². The number of nitrogens with one attached hydrogen (secondary N) is 2. The van der Waals surface area contributed by atoms with Gasteiger partial charge in [0.2, 0.25) is 6.17 Å². The van der Waals surface area contributed by atoms with Gasteiger partial charge in [0, 0.05) is 78.7 Å². The van der Waals surface area contributed by atoms with Gasteiger partial charge in [-0.2, -0.15) is 54.0 Å². The van der Waals surface area contributed by atoms with Crippen LogP contribution in [-0.4, -0.2) is 137 Å². The highest BCUT2D eigenvalue weighted by Gasteiger charge is 2.38. The lowest BCUT2D eigenvalue weighted by atomic mass is 9.84. The topological polar surface area (TPSA) is 160 Å². The van der Waals surface area contributed by atoms with E-state index in [1.807, 2.05) is 57.3 Å². The molecule has 1 aromatic carbocycles. The number of esters is 1. The monoisotopic (exact) mass is 1050 g/mol. The molecule has 0 aliphatic carbocycles. The molecule has 3 aromatic heterocycles. The van der Waals surface area contributed by atoms with Crippen LogP contribution >= 0.6 is 65.3 Å². The van der Waals surface area contributed by atoms with Crippen LogP contribution in [0.15, 0.2) is 41.9 Å². The van der Waals surface area contributed by atoms with E-state index in [-0.39, 0.29) is 98.7 Å². The summed E-state index contributed by atoms with van der Waals surface area (Å²) < 4.78 is 35.4. The van der Waals surface area contributed by atoms with Gasteiger partial charge in [-0.05, 0) is 96.8 Å². The molecule has 2 fully saturated rings. The number of halogens is 1. The summed E-state index contributed by atoms with van der Waals surface area (Å²) in [5.41, 5.74) is 8.49. The van der Waals surface area contributed by atoms with E-state index in [2.05, 4.69) is 66.1 Å². The average molecular weight is 1050 g/mol. The minimum Gasteiger partial charge on any atom is -0.464 e. The van der Waals surface area contributed by atoms with E-state index in [4.69, 9.17) is 24.2 Å². The summed E-state index contributed by atoms with van der Waals surface area (Å²) in [6.07, 6.45) is 0.411. The maximum Gasteiger partial charge on any atom is 0.324 e. The van der Waals surface area contributed by atoms with Crippen LogP contribution in [-0.2, 0) is 52.8 Å². The first-order chi connectivity index (χ1) is 30.9. The molecule has 2 saturated heterocycles. The molecule has 0 unspecified atom stereocenters. The first-order valence-electron chi connectivity index (χ1n) is 22.3. The fourth-order valence-corrected chi connectivity index (χ4v) is 9.08. The number of nitrogens with zero attached hydrogens (tertiary/aromatic N) is 6. The Kier molecular flexibility index (Phi) is 21.5. The highest BCUT2D eigenvalue weighted by atomic mass is 32.1. The summed E-state index contributed by atoms with van der Waals surface area (Å²) in [6.45, 7) is 13.0. The molecule has 4 atom stereocenters. The lowest BCUT2D eigenvalue weighted by molar-refractivity contribution is -0.155. The standard InChI is InChI=1S/C48H61FN8O7S.4H2S/c1-10-56-39-16-15-30-21-33(39)34(43(56)32-13-11-19-50-42(32)29(2)62-9)23-47(3,4)28-64-46(61)36-14-12-20-57(53-36)45(60)37(22-40-51-38(30)27-65-40)52-44(59)35(49)26-63-31-24-55(25-31)41(58)17-18-48(5,6)54(7)8;;;;/h11,13,15-16,19,21,27,29,31,35-37,53H,10,12,14,20,22-26,28H2,1-9H3,(H,52,59);4*1H2/t29-,35-,36-,37-;;;;/m0..../s1. The summed E-state index contributed by atoms with van der Waals surface area (Å²) in [5.74, 6) is 3.24. The number of rotatable bonds is 10. The molecule has 380 valence electrons. The second-order valence-electron chi connectivity index (χ2n) is 18.6. The Labute approximate surface area is 437 Å². The van der Waals surface area contributed by atoms with Crippen LogP contribution < -0.4 is 10.7 Å². The molecule has 7 rings (SSSR count). The van der Waals surface area contributed by atoms with Gasteiger partial charge in [0.1, 0.15) is 12.1 Å². The number of methoxy groups -OCH3 is 1. The van der Waals surface area contributed by atoms with E-state index in [1.165, 1.54) is 21.2 Å². The van der Waals surface area contributed by atoms with Crippen LogP contribution in [0.1, 0.15) is 76.8 Å². The first kappa shape index (κ1) is 59.5. The summed E-state index contributed by atoms with van der Waals surface area (Å²) in [4.78, 5) is 67.2. The maximum absolute atomic E-state index is 15.6. The zero-order chi connectivity index (χ0) is 46.8. The molecule has 4 aromatic rings. The molecular formula is C48H69FN8O7S5. The second-order valence-corrected chi connectivity index (χ2v) is 19.6. The lowest BCUT2D eigenvalue weighted by Crippen LogP contribution is -2.61. The van der Waals surface area contributed by atoms with Crippen molar-refractivity contribution in [1.29, 1.82) is 0 Å². The number of ether oxygens (including phenoxy) is 3. The van der Waals surface area contributed by atoms with Crippen molar-refractivity contribution in [1.82, 2.24) is 40.1 Å². The zero-order valence-electron chi connectivity index (χ0n) is 40.8. The van der Waals surface area contributed by atoms with Crippen LogP contribution in [0.5, 0.6) is 0 Å². The molecule has 0 spiro atoms. The number of thiazole rings is 1. The Hall–Kier alpha value is -3.85. The van der Waals surface area contributed by atoms with Gasteiger partial charge in [0.25, 0.3) is 17.7 Å². The molecule has 0 radical (unpaired) electrons. The third-order valence-corrected chi connectivity index (χ3v) is 13.5. The van der Waals surface area contributed by atoms with Gasteiger partial charge < -0.3 is 29.0 Å². The third-order valence-electron chi connectivity index (χ3n) is 12.6. The smallest absolute Gasteiger partial charge is 0.324 e. The van der Waals surface area contributed by atoms with E-state index in [1.54, 1.807) is 13.3 Å². The van der Waals surface area contributed by atoms with E-state index >= 15 is 4.39 Å². The number of carbonyl (C=O) groups excluding carboxylic acids is 4. The van der Waals surface area contributed by atoms with E-state index in [9.17, 15) is 19.2 Å². The van der Waals surface area contributed by atoms with Crippen molar-refractivity contribution in [2.45, 2.75) is 110 Å². The fourth-order valence-electron chi connectivity index (χ4n) is 8.23. The van der Waals surface area contributed by atoms with Crippen molar-refractivity contribution in [3.8, 4) is 34.4 Å². The molecule has 15 nitrogen and oxygen atoms in total. The van der Waals surface area contributed by atoms with Crippen molar-refractivity contribution in [3.05, 3.63) is 58.2 Å². The Bertz CT molecular complexity index is 2500.